The molecule has 0 aliphatic rings. The highest BCUT2D eigenvalue weighted by atomic mass is 16.1. The zero-order chi connectivity index (χ0) is 19.2. The van der Waals surface area contributed by atoms with Crippen LogP contribution in [-0.4, -0.2) is 37.0 Å². The van der Waals surface area contributed by atoms with Crippen molar-refractivity contribution < 1.29 is 4.79 Å². The van der Waals surface area contributed by atoms with E-state index in [1.165, 1.54) is 11.8 Å². The second kappa shape index (κ2) is 8.31. The molecular formula is C21H23N5O. The lowest BCUT2D eigenvalue weighted by Gasteiger charge is -2.18. The van der Waals surface area contributed by atoms with Crippen LogP contribution in [0, 0.1) is 0 Å². The van der Waals surface area contributed by atoms with Crippen LogP contribution in [0.3, 0.4) is 0 Å². The molecule has 1 N–H and O–H groups in total. The summed E-state index contributed by atoms with van der Waals surface area (Å²) in [6.07, 6.45) is 3.12. The minimum Gasteiger partial charge on any atom is -0.378 e. The van der Waals surface area contributed by atoms with E-state index in [0.717, 1.165) is 17.9 Å². The van der Waals surface area contributed by atoms with Gasteiger partial charge in [-0.15, -0.1) is 0 Å². The van der Waals surface area contributed by atoms with Crippen LogP contribution >= 0.6 is 0 Å². The molecule has 1 aromatic heterocycles. The molecular weight excluding hydrogens is 338 g/mol. The molecule has 138 valence electrons. The van der Waals surface area contributed by atoms with Gasteiger partial charge in [-0.05, 0) is 29.8 Å². The Morgan fingerprint density at radius 1 is 0.926 bits per heavy atom. The Labute approximate surface area is 159 Å². The van der Waals surface area contributed by atoms with Crippen molar-refractivity contribution in [2.75, 3.05) is 36.3 Å². The first kappa shape index (κ1) is 18.4. The molecule has 1 heterocycles. The zero-order valence-corrected chi connectivity index (χ0v) is 15.8. The number of rotatable bonds is 6. The summed E-state index contributed by atoms with van der Waals surface area (Å²) in [5, 5.41) is 2.84. The van der Waals surface area contributed by atoms with Crippen molar-refractivity contribution in [2.45, 2.75) is 6.54 Å². The van der Waals surface area contributed by atoms with Gasteiger partial charge in [0.15, 0.2) is 0 Å². The van der Waals surface area contributed by atoms with Crippen LogP contribution in [0.15, 0.2) is 67.0 Å². The van der Waals surface area contributed by atoms with E-state index in [4.69, 9.17) is 0 Å². The lowest BCUT2D eigenvalue weighted by atomic mass is 10.2. The van der Waals surface area contributed by atoms with Gasteiger partial charge in [0.25, 0.3) is 5.91 Å². The molecule has 0 fully saturated rings. The average Bonchev–Trinajstić information content (AvgIpc) is 2.69. The molecule has 27 heavy (non-hydrogen) atoms. The number of nitrogens with zero attached hydrogens (tertiary/aromatic N) is 4. The lowest BCUT2D eigenvalue weighted by Crippen LogP contribution is -2.19. The van der Waals surface area contributed by atoms with E-state index in [1.54, 1.807) is 6.20 Å². The van der Waals surface area contributed by atoms with Gasteiger partial charge in [0.05, 0.1) is 12.4 Å². The molecule has 0 radical (unpaired) electrons. The van der Waals surface area contributed by atoms with Crippen LogP contribution in [0.4, 0.5) is 17.2 Å². The van der Waals surface area contributed by atoms with Gasteiger partial charge in [-0.25, -0.2) is 9.97 Å². The first-order chi connectivity index (χ1) is 13.0. The number of anilines is 3. The quantitative estimate of drug-likeness (QED) is 0.729. The summed E-state index contributed by atoms with van der Waals surface area (Å²) < 4.78 is 0. The largest absolute Gasteiger partial charge is 0.378 e. The molecule has 2 aromatic carbocycles. The van der Waals surface area contributed by atoms with Crippen molar-refractivity contribution >= 4 is 23.1 Å². The second-order valence-electron chi connectivity index (χ2n) is 6.50. The van der Waals surface area contributed by atoms with Gasteiger partial charge in [-0.1, -0.05) is 30.3 Å². The first-order valence-corrected chi connectivity index (χ1v) is 8.69. The maximum Gasteiger partial charge on any atom is 0.275 e. The van der Waals surface area contributed by atoms with Gasteiger partial charge in [-0.3, -0.25) is 4.79 Å². The highest BCUT2D eigenvalue weighted by Crippen LogP contribution is 2.17. The second-order valence-corrected chi connectivity index (χ2v) is 6.50. The number of hydrogen-bond acceptors (Lipinski definition) is 5. The van der Waals surface area contributed by atoms with Gasteiger partial charge in [-0.2, -0.15) is 0 Å². The molecule has 0 unspecified atom stereocenters. The van der Waals surface area contributed by atoms with Gasteiger partial charge in [0, 0.05) is 39.1 Å². The molecule has 0 bridgehead atoms. The molecule has 3 aromatic rings. The molecule has 6 heteroatoms. The monoisotopic (exact) mass is 361 g/mol. The third-order valence-electron chi connectivity index (χ3n) is 4.17. The van der Waals surface area contributed by atoms with Gasteiger partial charge in [0.2, 0.25) is 0 Å². The minimum absolute atomic E-state index is 0.280. The number of carbonyl (C=O) groups excluding carboxylic acids is 1. The average molecular weight is 361 g/mol. The predicted octanol–water partition coefficient (Wildman–Crippen LogP) is 3.43. The normalized spacial score (nSPS) is 10.3. The molecule has 1 amide bonds. The van der Waals surface area contributed by atoms with Gasteiger partial charge in [0.1, 0.15) is 11.5 Å². The highest BCUT2D eigenvalue weighted by Gasteiger charge is 2.10. The number of aromatic nitrogens is 2. The van der Waals surface area contributed by atoms with E-state index in [0.29, 0.717) is 5.82 Å². The summed E-state index contributed by atoms with van der Waals surface area (Å²) in [5.74, 6) is 0.433. The molecule has 0 aliphatic heterocycles. The summed E-state index contributed by atoms with van der Waals surface area (Å²) in [5.41, 5.74) is 3.25. The number of amides is 1. The fourth-order valence-electron chi connectivity index (χ4n) is 2.61. The van der Waals surface area contributed by atoms with E-state index in [-0.39, 0.29) is 11.6 Å². The van der Waals surface area contributed by atoms with Crippen LogP contribution in [0.1, 0.15) is 16.1 Å². The third-order valence-corrected chi connectivity index (χ3v) is 4.17. The Hall–Kier alpha value is -3.41. The highest BCUT2D eigenvalue weighted by molar-refractivity contribution is 6.02. The molecule has 0 aliphatic carbocycles. The van der Waals surface area contributed by atoms with Crippen molar-refractivity contribution in [3.63, 3.8) is 0 Å². The molecule has 0 spiro atoms. The van der Waals surface area contributed by atoms with Crippen LogP contribution in [0.2, 0.25) is 0 Å². The van der Waals surface area contributed by atoms with Crippen LogP contribution in [-0.2, 0) is 6.54 Å². The van der Waals surface area contributed by atoms with Crippen LogP contribution in [0.25, 0.3) is 0 Å². The Kier molecular flexibility index (Phi) is 5.66. The van der Waals surface area contributed by atoms with E-state index >= 15 is 0 Å². The summed E-state index contributed by atoms with van der Waals surface area (Å²) >= 11 is 0. The van der Waals surface area contributed by atoms with E-state index in [2.05, 4.69) is 27.4 Å². The minimum atomic E-state index is -0.280. The smallest absolute Gasteiger partial charge is 0.275 e. The molecule has 0 saturated heterocycles. The summed E-state index contributed by atoms with van der Waals surface area (Å²) in [7, 11) is 5.89. The number of nitrogens with one attached hydrogen (secondary N) is 1. The SMILES string of the molecule is CN(C)c1ccc(NC(=O)c2cnc(N(C)Cc3ccccc3)cn2)cc1. The topological polar surface area (TPSA) is 61.4 Å². The van der Waals surface area contributed by atoms with Crippen LogP contribution < -0.4 is 15.1 Å². The fraction of sp³-hybridized carbons (Fsp3) is 0.190. The van der Waals surface area contributed by atoms with Crippen molar-refractivity contribution in [3.8, 4) is 0 Å². The molecule has 6 nitrogen and oxygen atoms in total. The Bertz CT molecular complexity index is 877. The Morgan fingerprint density at radius 2 is 1.63 bits per heavy atom. The van der Waals surface area contributed by atoms with Crippen molar-refractivity contribution in [1.82, 2.24) is 9.97 Å². The molecule has 3 rings (SSSR count). The van der Waals surface area contributed by atoms with Gasteiger partial charge < -0.3 is 15.1 Å². The van der Waals surface area contributed by atoms with Gasteiger partial charge >= 0.3 is 0 Å². The van der Waals surface area contributed by atoms with Crippen LogP contribution in [0.5, 0.6) is 0 Å². The van der Waals surface area contributed by atoms with Crippen molar-refractivity contribution in [3.05, 3.63) is 78.2 Å². The first-order valence-electron chi connectivity index (χ1n) is 8.69. The summed E-state index contributed by atoms with van der Waals surface area (Å²) in [6, 6.07) is 17.8. The fourth-order valence-corrected chi connectivity index (χ4v) is 2.61. The maximum absolute atomic E-state index is 12.4. The zero-order valence-electron chi connectivity index (χ0n) is 15.8. The third kappa shape index (κ3) is 4.82. The summed E-state index contributed by atoms with van der Waals surface area (Å²) in [4.78, 5) is 25.0. The van der Waals surface area contributed by atoms with Crippen molar-refractivity contribution in [2.24, 2.45) is 0 Å². The predicted molar refractivity (Wildman–Crippen MR) is 109 cm³/mol. The van der Waals surface area contributed by atoms with E-state index in [9.17, 15) is 4.79 Å². The standard InChI is InChI=1S/C21H23N5O/c1-25(2)18-11-9-17(10-12-18)24-21(27)19-13-23-20(14-22-19)26(3)15-16-7-5-4-6-8-16/h4-14H,15H2,1-3H3,(H,24,27). The van der Waals surface area contributed by atoms with E-state index < -0.39 is 0 Å². The number of carbonyl (C=O) groups is 1. The number of benzene rings is 2. The summed E-state index contributed by atoms with van der Waals surface area (Å²) in [6.45, 7) is 0.722. The molecule has 0 saturated carbocycles. The lowest BCUT2D eigenvalue weighted by molar-refractivity contribution is 0.102. The molecule has 0 atom stereocenters. The Balaban J connectivity index is 1.63. The maximum atomic E-state index is 12.4. The van der Waals surface area contributed by atoms with Crippen molar-refractivity contribution in [1.29, 1.82) is 0 Å². The Morgan fingerprint density at radius 3 is 2.22 bits per heavy atom. The van der Waals surface area contributed by atoms with E-state index in [1.807, 2.05) is 73.4 Å². The number of hydrogen-bond donors (Lipinski definition) is 1.